The second kappa shape index (κ2) is 7.81. The maximum atomic E-state index is 13.0. The fraction of sp³-hybridized carbons (Fsp3) is 0.478. The van der Waals surface area contributed by atoms with Crippen LogP contribution in [0.2, 0.25) is 0 Å². The minimum absolute atomic E-state index is 0.224. The third kappa shape index (κ3) is 4.22. The number of amides is 1. The zero-order valence-corrected chi connectivity index (χ0v) is 16.2. The number of likely N-dealkylation sites (tertiary alicyclic amines) is 1. The largest absolute Gasteiger partial charge is 0.356 e. The van der Waals surface area contributed by atoms with E-state index in [0.29, 0.717) is 6.54 Å². The fourth-order valence-corrected chi connectivity index (χ4v) is 4.29. The molecule has 4 nitrogen and oxygen atoms in total. The Morgan fingerprint density at radius 2 is 1.85 bits per heavy atom. The minimum atomic E-state index is -0.289. The van der Waals surface area contributed by atoms with Gasteiger partial charge in [-0.05, 0) is 73.9 Å². The third-order valence-corrected chi connectivity index (χ3v) is 5.98. The average Bonchev–Trinajstić information content (AvgIpc) is 3.42. The van der Waals surface area contributed by atoms with E-state index in [9.17, 15) is 4.79 Å². The zero-order valence-electron chi connectivity index (χ0n) is 16.2. The molecule has 2 heterocycles. The van der Waals surface area contributed by atoms with E-state index in [1.165, 1.54) is 36.1 Å². The Morgan fingerprint density at radius 1 is 1.15 bits per heavy atom. The van der Waals surface area contributed by atoms with Crippen LogP contribution < -0.4 is 5.32 Å². The molecule has 1 aliphatic carbocycles. The van der Waals surface area contributed by atoms with Crippen LogP contribution in [0.5, 0.6) is 0 Å². The van der Waals surface area contributed by atoms with Gasteiger partial charge in [0.15, 0.2) is 0 Å². The van der Waals surface area contributed by atoms with Crippen LogP contribution in [-0.2, 0) is 11.2 Å². The molecule has 142 valence electrons. The number of hydrogen-bond donors (Lipinski definition) is 1. The third-order valence-electron chi connectivity index (χ3n) is 5.98. The van der Waals surface area contributed by atoms with Crippen LogP contribution in [0.25, 0.3) is 11.1 Å². The number of nitrogens with one attached hydrogen (secondary N) is 1. The van der Waals surface area contributed by atoms with Crippen LogP contribution in [-0.4, -0.2) is 42.0 Å². The van der Waals surface area contributed by atoms with Crippen molar-refractivity contribution in [3.05, 3.63) is 54.4 Å². The van der Waals surface area contributed by atoms with Gasteiger partial charge in [0.05, 0.1) is 5.41 Å². The van der Waals surface area contributed by atoms with Gasteiger partial charge in [-0.3, -0.25) is 9.78 Å². The predicted molar refractivity (Wildman–Crippen MR) is 108 cm³/mol. The van der Waals surface area contributed by atoms with Crippen molar-refractivity contribution in [1.29, 1.82) is 0 Å². The number of carbonyl (C=O) groups excluding carboxylic acids is 1. The molecular weight excluding hydrogens is 334 g/mol. The van der Waals surface area contributed by atoms with Gasteiger partial charge in [0.1, 0.15) is 0 Å². The monoisotopic (exact) mass is 363 g/mol. The van der Waals surface area contributed by atoms with Crippen LogP contribution in [0.4, 0.5) is 0 Å². The van der Waals surface area contributed by atoms with Gasteiger partial charge in [0.25, 0.3) is 0 Å². The molecular formula is C23H29N3O. The highest BCUT2D eigenvalue weighted by atomic mass is 16.2. The Bertz CT molecular complexity index is 770. The Morgan fingerprint density at radius 3 is 2.52 bits per heavy atom. The fourth-order valence-electron chi connectivity index (χ4n) is 4.29. The molecule has 0 radical (unpaired) electrons. The van der Waals surface area contributed by atoms with E-state index in [1.54, 1.807) is 0 Å². The van der Waals surface area contributed by atoms with Crippen molar-refractivity contribution in [2.45, 2.75) is 32.6 Å². The van der Waals surface area contributed by atoms with Crippen LogP contribution in [0.1, 0.15) is 31.7 Å². The highest BCUT2D eigenvalue weighted by Gasteiger charge is 2.45. The van der Waals surface area contributed by atoms with E-state index in [1.807, 2.05) is 31.5 Å². The van der Waals surface area contributed by atoms with Gasteiger partial charge in [0, 0.05) is 32.0 Å². The van der Waals surface area contributed by atoms with Crippen molar-refractivity contribution in [2.75, 3.05) is 26.2 Å². The molecule has 2 aliphatic rings. The number of carbonyl (C=O) groups is 1. The summed E-state index contributed by atoms with van der Waals surface area (Å²) in [6.45, 7) is 5.81. The lowest BCUT2D eigenvalue weighted by Gasteiger charge is -2.28. The van der Waals surface area contributed by atoms with Gasteiger partial charge in [-0.15, -0.1) is 0 Å². The number of aromatic nitrogens is 1. The molecule has 0 spiro atoms. The molecule has 2 fully saturated rings. The summed E-state index contributed by atoms with van der Waals surface area (Å²) in [7, 11) is 0. The Balaban J connectivity index is 1.50. The Hall–Kier alpha value is -2.20. The smallest absolute Gasteiger partial charge is 0.227 e. The molecule has 4 rings (SSSR count). The van der Waals surface area contributed by atoms with Gasteiger partial charge in [-0.25, -0.2) is 0 Å². The molecule has 27 heavy (non-hydrogen) atoms. The number of hydrogen-bond acceptors (Lipinski definition) is 3. The molecule has 1 N–H and O–H groups in total. The molecule has 4 heteroatoms. The van der Waals surface area contributed by atoms with Crippen molar-refractivity contribution in [3.63, 3.8) is 0 Å². The number of benzene rings is 1. The first-order chi connectivity index (χ1) is 13.2. The van der Waals surface area contributed by atoms with Crippen LogP contribution in [0, 0.1) is 11.3 Å². The van der Waals surface area contributed by atoms with Crippen molar-refractivity contribution in [2.24, 2.45) is 11.3 Å². The SMILES string of the molecule is CCNC(=O)C1(Cc2ccc(-c3ccncc3)cc2)CCN(CC2CC2)C1. The normalized spacial score (nSPS) is 22.7. The molecule has 1 saturated carbocycles. The summed E-state index contributed by atoms with van der Waals surface area (Å²) in [4.78, 5) is 19.6. The molecule has 1 aromatic carbocycles. The Kier molecular flexibility index (Phi) is 5.26. The minimum Gasteiger partial charge on any atom is -0.356 e. The van der Waals surface area contributed by atoms with Crippen LogP contribution in [0.15, 0.2) is 48.8 Å². The number of pyridine rings is 1. The summed E-state index contributed by atoms with van der Waals surface area (Å²) >= 11 is 0. The van der Waals surface area contributed by atoms with Crippen molar-refractivity contribution in [1.82, 2.24) is 15.2 Å². The van der Waals surface area contributed by atoms with Crippen LogP contribution in [0.3, 0.4) is 0 Å². The molecule has 1 saturated heterocycles. The summed E-state index contributed by atoms with van der Waals surface area (Å²) in [5.74, 6) is 1.09. The maximum absolute atomic E-state index is 13.0. The lowest BCUT2D eigenvalue weighted by atomic mass is 9.79. The highest BCUT2D eigenvalue weighted by molar-refractivity contribution is 5.83. The number of rotatable bonds is 7. The summed E-state index contributed by atoms with van der Waals surface area (Å²) in [5, 5.41) is 3.10. The van der Waals surface area contributed by atoms with E-state index in [-0.39, 0.29) is 11.3 Å². The van der Waals surface area contributed by atoms with Gasteiger partial charge in [-0.1, -0.05) is 24.3 Å². The van der Waals surface area contributed by atoms with E-state index in [0.717, 1.165) is 31.8 Å². The number of nitrogens with zero attached hydrogens (tertiary/aromatic N) is 2. The Labute approximate surface area is 162 Å². The average molecular weight is 364 g/mol. The predicted octanol–water partition coefficient (Wildman–Crippen LogP) is 3.53. The van der Waals surface area contributed by atoms with E-state index in [2.05, 4.69) is 39.5 Å². The van der Waals surface area contributed by atoms with E-state index < -0.39 is 0 Å². The standard InChI is InChI=1S/C23H29N3O/c1-2-25-22(27)23(11-14-26(17-23)16-19-3-4-19)15-18-5-7-20(8-6-18)21-9-12-24-13-10-21/h5-10,12-13,19H,2-4,11,14-17H2,1H3,(H,25,27). The van der Waals surface area contributed by atoms with Gasteiger partial charge >= 0.3 is 0 Å². The summed E-state index contributed by atoms with van der Waals surface area (Å²) < 4.78 is 0. The van der Waals surface area contributed by atoms with Gasteiger partial charge in [-0.2, -0.15) is 0 Å². The van der Waals surface area contributed by atoms with Crippen molar-refractivity contribution in [3.8, 4) is 11.1 Å². The van der Waals surface area contributed by atoms with E-state index >= 15 is 0 Å². The summed E-state index contributed by atoms with van der Waals surface area (Å²) in [6, 6.07) is 12.7. The maximum Gasteiger partial charge on any atom is 0.227 e. The quantitative estimate of drug-likeness (QED) is 0.818. The molecule has 0 bridgehead atoms. The molecule has 1 amide bonds. The summed E-state index contributed by atoms with van der Waals surface area (Å²) in [6.07, 6.45) is 8.14. The first-order valence-corrected chi connectivity index (χ1v) is 10.2. The van der Waals surface area contributed by atoms with Gasteiger partial charge < -0.3 is 10.2 Å². The lowest BCUT2D eigenvalue weighted by molar-refractivity contribution is -0.130. The van der Waals surface area contributed by atoms with Crippen molar-refractivity contribution < 1.29 is 4.79 Å². The topological polar surface area (TPSA) is 45.2 Å². The molecule has 1 aromatic heterocycles. The molecule has 1 aliphatic heterocycles. The molecule has 1 atom stereocenters. The first kappa shape index (κ1) is 18.2. The summed E-state index contributed by atoms with van der Waals surface area (Å²) in [5.41, 5.74) is 3.32. The van der Waals surface area contributed by atoms with Crippen LogP contribution >= 0.6 is 0 Å². The first-order valence-electron chi connectivity index (χ1n) is 10.2. The molecule has 1 unspecified atom stereocenters. The molecule has 2 aromatic rings. The second-order valence-corrected chi connectivity index (χ2v) is 8.18. The zero-order chi connectivity index (χ0) is 18.7. The highest BCUT2D eigenvalue weighted by Crippen LogP contribution is 2.38. The lowest BCUT2D eigenvalue weighted by Crippen LogP contribution is -2.44. The van der Waals surface area contributed by atoms with Gasteiger partial charge in [0.2, 0.25) is 5.91 Å². The van der Waals surface area contributed by atoms with Crippen molar-refractivity contribution >= 4 is 5.91 Å². The second-order valence-electron chi connectivity index (χ2n) is 8.18. The van der Waals surface area contributed by atoms with E-state index in [4.69, 9.17) is 0 Å².